The van der Waals surface area contributed by atoms with Gasteiger partial charge in [0, 0.05) is 21.6 Å². The van der Waals surface area contributed by atoms with E-state index >= 15 is 0 Å². The molecule has 0 aromatic heterocycles. The van der Waals surface area contributed by atoms with Gasteiger partial charge in [0.15, 0.2) is 0 Å². The number of aliphatic hydroxyl groups is 1. The molecule has 2 nitrogen and oxygen atoms in total. The number of benzene rings is 1. The van der Waals surface area contributed by atoms with Crippen LogP contribution in [0.25, 0.3) is 0 Å². The third-order valence-electron chi connectivity index (χ3n) is 2.53. The molecule has 0 saturated carbocycles. The van der Waals surface area contributed by atoms with Crippen LogP contribution in [-0.4, -0.2) is 18.2 Å². The van der Waals surface area contributed by atoms with E-state index in [1.165, 1.54) is 0 Å². The molecule has 1 atom stereocenters. The van der Waals surface area contributed by atoms with Crippen molar-refractivity contribution in [1.82, 2.24) is 5.32 Å². The third-order valence-corrected chi connectivity index (χ3v) is 3.34. The fraction of sp³-hybridized carbons (Fsp3) is 0.538. The average Bonchev–Trinajstić information content (AvgIpc) is 2.15. The summed E-state index contributed by atoms with van der Waals surface area (Å²) in [5, 5.41) is 14.2. The quantitative estimate of drug-likeness (QED) is 0.869. The van der Waals surface area contributed by atoms with Gasteiger partial charge < -0.3 is 10.4 Å². The van der Waals surface area contributed by atoms with Crippen molar-refractivity contribution in [1.29, 1.82) is 0 Å². The topological polar surface area (TPSA) is 32.3 Å². The molecule has 0 bridgehead atoms. The van der Waals surface area contributed by atoms with Gasteiger partial charge in [-0.2, -0.15) is 0 Å². The van der Waals surface area contributed by atoms with Crippen molar-refractivity contribution in [3.8, 4) is 0 Å². The summed E-state index contributed by atoms with van der Waals surface area (Å²) in [5.74, 6) is 0.561. The first-order chi connectivity index (χ1) is 7.83. The van der Waals surface area contributed by atoms with E-state index in [4.69, 9.17) is 11.6 Å². The normalized spacial score (nSPS) is 15.0. The first-order valence-corrected chi connectivity index (χ1v) is 6.88. The predicted octanol–water partition coefficient (Wildman–Crippen LogP) is 3.56. The van der Waals surface area contributed by atoms with Gasteiger partial charge in [0.1, 0.15) is 5.60 Å². The van der Waals surface area contributed by atoms with E-state index in [9.17, 15) is 5.11 Å². The van der Waals surface area contributed by atoms with Crippen LogP contribution in [0.15, 0.2) is 22.7 Å². The molecule has 17 heavy (non-hydrogen) atoms. The highest BCUT2D eigenvalue weighted by molar-refractivity contribution is 9.10. The van der Waals surface area contributed by atoms with Crippen LogP contribution in [0.1, 0.15) is 26.3 Å². The Morgan fingerprint density at radius 1 is 1.47 bits per heavy atom. The van der Waals surface area contributed by atoms with Crippen molar-refractivity contribution in [3.63, 3.8) is 0 Å². The first kappa shape index (κ1) is 15.0. The van der Waals surface area contributed by atoms with Gasteiger partial charge in [0.25, 0.3) is 0 Å². The standard InChI is InChI=1S/C13H19BrClNO/c1-9(2)7-16-8-13(3,17)11-5-4-10(14)6-12(11)15/h4-6,9,16-17H,7-8H2,1-3H3. The zero-order valence-electron chi connectivity index (χ0n) is 10.4. The van der Waals surface area contributed by atoms with Gasteiger partial charge in [-0.05, 0) is 31.5 Å². The molecule has 0 aliphatic rings. The van der Waals surface area contributed by atoms with Crippen LogP contribution in [0.5, 0.6) is 0 Å². The van der Waals surface area contributed by atoms with Gasteiger partial charge in [0.2, 0.25) is 0 Å². The van der Waals surface area contributed by atoms with Gasteiger partial charge >= 0.3 is 0 Å². The minimum absolute atomic E-state index is 0.493. The third kappa shape index (κ3) is 4.59. The Hall–Kier alpha value is -0.0900. The molecule has 96 valence electrons. The number of hydrogen-bond donors (Lipinski definition) is 2. The van der Waals surface area contributed by atoms with Crippen LogP contribution >= 0.6 is 27.5 Å². The van der Waals surface area contributed by atoms with Crippen molar-refractivity contribution >= 4 is 27.5 Å². The second-order valence-corrected chi connectivity index (χ2v) is 6.25. The monoisotopic (exact) mass is 319 g/mol. The number of hydrogen-bond acceptors (Lipinski definition) is 2. The predicted molar refractivity (Wildman–Crippen MR) is 76.4 cm³/mol. The van der Waals surface area contributed by atoms with Gasteiger partial charge in [-0.15, -0.1) is 0 Å². The second kappa shape index (κ2) is 6.19. The largest absolute Gasteiger partial charge is 0.384 e. The Bertz CT molecular complexity index is 380. The SMILES string of the molecule is CC(C)CNCC(C)(O)c1ccc(Br)cc1Cl. The van der Waals surface area contributed by atoms with Gasteiger partial charge in [-0.25, -0.2) is 0 Å². The van der Waals surface area contributed by atoms with E-state index in [-0.39, 0.29) is 0 Å². The molecule has 1 unspecified atom stereocenters. The molecule has 0 saturated heterocycles. The smallest absolute Gasteiger partial charge is 0.101 e. The van der Waals surface area contributed by atoms with Crippen molar-refractivity contribution in [3.05, 3.63) is 33.3 Å². The molecule has 4 heteroatoms. The lowest BCUT2D eigenvalue weighted by Gasteiger charge is -2.26. The first-order valence-electron chi connectivity index (χ1n) is 5.71. The maximum absolute atomic E-state index is 10.4. The van der Waals surface area contributed by atoms with Crippen LogP contribution in [0.3, 0.4) is 0 Å². The summed E-state index contributed by atoms with van der Waals surface area (Å²) < 4.78 is 0.914. The summed E-state index contributed by atoms with van der Waals surface area (Å²) in [6.07, 6.45) is 0. The average molecular weight is 321 g/mol. The lowest BCUT2D eigenvalue weighted by atomic mass is 9.96. The van der Waals surface area contributed by atoms with E-state index in [0.29, 0.717) is 17.5 Å². The Morgan fingerprint density at radius 2 is 2.12 bits per heavy atom. The molecule has 0 radical (unpaired) electrons. The number of rotatable bonds is 5. The molecule has 1 rings (SSSR count). The molecular formula is C13H19BrClNO. The molecule has 2 N–H and O–H groups in total. The maximum Gasteiger partial charge on any atom is 0.101 e. The Morgan fingerprint density at radius 3 is 2.65 bits per heavy atom. The molecule has 0 aliphatic carbocycles. The molecular weight excluding hydrogens is 302 g/mol. The van der Waals surface area contributed by atoms with E-state index < -0.39 is 5.60 Å². The van der Waals surface area contributed by atoms with Crippen molar-refractivity contribution in [2.24, 2.45) is 5.92 Å². The number of nitrogens with one attached hydrogen (secondary N) is 1. The molecule has 1 aromatic carbocycles. The zero-order valence-corrected chi connectivity index (χ0v) is 12.8. The van der Waals surface area contributed by atoms with E-state index in [2.05, 4.69) is 35.1 Å². The molecule has 0 fully saturated rings. The Kier molecular flexibility index (Phi) is 5.45. The lowest BCUT2D eigenvalue weighted by molar-refractivity contribution is 0.0565. The maximum atomic E-state index is 10.4. The summed E-state index contributed by atoms with van der Waals surface area (Å²) in [5.41, 5.74) is -0.203. The summed E-state index contributed by atoms with van der Waals surface area (Å²) in [7, 11) is 0. The number of halogens is 2. The van der Waals surface area contributed by atoms with Crippen molar-refractivity contribution in [2.45, 2.75) is 26.4 Å². The van der Waals surface area contributed by atoms with Crippen LogP contribution in [-0.2, 0) is 5.60 Å². The minimum atomic E-state index is -0.952. The molecule has 0 spiro atoms. The van der Waals surface area contributed by atoms with Crippen molar-refractivity contribution in [2.75, 3.05) is 13.1 Å². The highest BCUT2D eigenvalue weighted by Crippen LogP contribution is 2.30. The van der Waals surface area contributed by atoms with Crippen LogP contribution < -0.4 is 5.32 Å². The van der Waals surface area contributed by atoms with Crippen LogP contribution in [0.2, 0.25) is 5.02 Å². The molecule has 0 amide bonds. The zero-order chi connectivity index (χ0) is 13.1. The van der Waals surface area contributed by atoms with Crippen molar-refractivity contribution < 1.29 is 5.11 Å². The second-order valence-electron chi connectivity index (χ2n) is 4.92. The fourth-order valence-electron chi connectivity index (χ4n) is 1.63. The van der Waals surface area contributed by atoms with Gasteiger partial charge in [0.05, 0.1) is 0 Å². The minimum Gasteiger partial charge on any atom is -0.384 e. The summed E-state index contributed by atoms with van der Waals surface area (Å²) in [6.45, 7) is 7.41. The van der Waals surface area contributed by atoms with Crippen LogP contribution in [0, 0.1) is 5.92 Å². The highest BCUT2D eigenvalue weighted by Gasteiger charge is 2.25. The Labute approximate surface area is 117 Å². The summed E-state index contributed by atoms with van der Waals surface area (Å²) in [4.78, 5) is 0. The summed E-state index contributed by atoms with van der Waals surface area (Å²) >= 11 is 9.49. The van der Waals surface area contributed by atoms with E-state index in [1.807, 2.05) is 12.1 Å². The summed E-state index contributed by atoms with van der Waals surface area (Å²) in [6, 6.07) is 5.54. The molecule has 0 heterocycles. The lowest BCUT2D eigenvalue weighted by Crippen LogP contribution is -2.37. The fourth-order valence-corrected chi connectivity index (χ4v) is 2.50. The highest BCUT2D eigenvalue weighted by atomic mass is 79.9. The van der Waals surface area contributed by atoms with E-state index in [1.54, 1.807) is 13.0 Å². The van der Waals surface area contributed by atoms with Gasteiger partial charge in [-0.1, -0.05) is 47.4 Å². The Balaban J connectivity index is 2.74. The molecule has 0 aliphatic heterocycles. The molecule has 1 aromatic rings. The van der Waals surface area contributed by atoms with Gasteiger partial charge in [-0.3, -0.25) is 0 Å². The van der Waals surface area contributed by atoms with E-state index in [0.717, 1.165) is 16.6 Å². The van der Waals surface area contributed by atoms with Crippen LogP contribution in [0.4, 0.5) is 0 Å².